The number of ether oxygens (including phenoxy) is 2. The lowest BCUT2D eigenvalue weighted by atomic mass is 10.1. The third kappa shape index (κ3) is 37.3. The van der Waals surface area contributed by atoms with Gasteiger partial charge in [0.25, 0.3) is 7.82 Å². The number of carbonyl (C=O) groups excluding carboxylic acids is 2. The molecular formula is C41H72NO8P. The average Bonchev–Trinajstić information content (AvgIpc) is 3.07. The lowest BCUT2D eigenvalue weighted by Crippen LogP contribution is -2.37. The first-order chi connectivity index (χ1) is 24.5. The van der Waals surface area contributed by atoms with E-state index in [-0.39, 0.29) is 26.1 Å². The number of phosphoric ester groups is 1. The molecule has 0 aliphatic heterocycles. The van der Waals surface area contributed by atoms with Gasteiger partial charge in [0.15, 0.2) is 6.10 Å². The van der Waals surface area contributed by atoms with E-state index >= 15 is 0 Å². The zero-order valence-electron chi connectivity index (χ0n) is 32.8. The second-order valence-corrected chi connectivity index (χ2v) is 15.4. The van der Waals surface area contributed by atoms with E-state index in [0.29, 0.717) is 23.9 Å². The molecule has 0 amide bonds. The average molecular weight is 738 g/mol. The number of phosphoric acid groups is 1. The van der Waals surface area contributed by atoms with E-state index in [1.54, 1.807) is 0 Å². The molecule has 0 radical (unpaired) electrons. The summed E-state index contributed by atoms with van der Waals surface area (Å²) in [4.78, 5) is 37.3. The normalized spacial score (nSPS) is 14.4. The Bertz CT molecular complexity index is 1060. The Morgan fingerprint density at radius 3 is 1.73 bits per heavy atom. The summed E-state index contributed by atoms with van der Waals surface area (Å²) >= 11 is 0. The number of rotatable bonds is 34. The quantitative estimate of drug-likeness (QED) is 0.0160. The van der Waals surface area contributed by atoms with Gasteiger partial charge in [0, 0.05) is 12.8 Å². The Morgan fingerprint density at radius 2 is 1.14 bits per heavy atom. The number of quaternary nitrogens is 1. The van der Waals surface area contributed by atoms with Gasteiger partial charge in [-0.15, -0.1) is 0 Å². The first-order valence-electron chi connectivity index (χ1n) is 19.5. The molecule has 0 aliphatic carbocycles. The number of likely N-dealkylation sites (N-methyl/N-ethyl adjacent to an activating group) is 1. The van der Waals surface area contributed by atoms with Gasteiger partial charge in [0.1, 0.15) is 19.8 Å². The minimum absolute atomic E-state index is 0.0438. The minimum atomic E-state index is -4.63. The Balaban J connectivity index is 4.53. The summed E-state index contributed by atoms with van der Waals surface area (Å²) in [5.41, 5.74) is 0. The van der Waals surface area contributed by atoms with Crippen LogP contribution in [0.5, 0.6) is 0 Å². The molecule has 0 aromatic rings. The summed E-state index contributed by atoms with van der Waals surface area (Å²) < 4.78 is 33.7. The molecule has 0 heterocycles. The first kappa shape index (κ1) is 48.7. The Kier molecular flexibility index (Phi) is 32.0. The Hall–Kier alpha value is -2.29. The van der Waals surface area contributed by atoms with Crippen molar-refractivity contribution in [3.8, 4) is 0 Å². The van der Waals surface area contributed by atoms with Crippen LogP contribution in [0.2, 0.25) is 0 Å². The van der Waals surface area contributed by atoms with Crippen molar-refractivity contribution < 1.29 is 42.1 Å². The molecule has 10 heteroatoms. The van der Waals surface area contributed by atoms with Gasteiger partial charge in [-0.25, -0.2) is 0 Å². The number of nitrogens with zero attached hydrogens (tertiary/aromatic N) is 1. The highest BCUT2D eigenvalue weighted by Gasteiger charge is 2.21. The predicted molar refractivity (Wildman–Crippen MR) is 208 cm³/mol. The molecule has 0 aliphatic rings. The molecule has 51 heavy (non-hydrogen) atoms. The second-order valence-electron chi connectivity index (χ2n) is 14.0. The second kappa shape index (κ2) is 33.5. The third-order valence-electron chi connectivity index (χ3n) is 7.87. The largest absolute Gasteiger partial charge is 0.756 e. The van der Waals surface area contributed by atoms with Gasteiger partial charge in [-0.05, 0) is 57.8 Å². The summed E-state index contributed by atoms with van der Waals surface area (Å²) in [5.74, 6) is -0.906. The number of unbranched alkanes of at least 4 members (excludes halogenated alkanes) is 13. The van der Waals surface area contributed by atoms with Crippen LogP contribution in [0.25, 0.3) is 0 Å². The highest BCUT2D eigenvalue weighted by Crippen LogP contribution is 2.38. The topological polar surface area (TPSA) is 111 Å². The van der Waals surface area contributed by atoms with Gasteiger partial charge < -0.3 is 27.9 Å². The van der Waals surface area contributed by atoms with Gasteiger partial charge in [-0.2, -0.15) is 0 Å². The molecular weight excluding hydrogens is 665 g/mol. The summed E-state index contributed by atoms with van der Waals surface area (Å²) in [6, 6.07) is 0. The molecule has 9 nitrogen and oxygen atoms in total. The first-order valence-corrected chi connectivity index (χ1v) is 21.0. The van der Waals surface area contributed by atoms with Gasteiger partial charge >= 0.3 is 11.9 Å². The van der Waals surface area contributed by atoms with Crippen molar-refractivity contribution in [3.05, 3.63) is 60.8 Å². The van der Waals surface area contributed by atoms with Crippen molar-refractivity contribution in [2.75, 3.05) is 47.5 Å². The Labute approximate surface area is 311 Å². The van der Waals surface area contributed by atoms with E-state index in [2.05, 4.69) is 38.2 Å². The number of hydrogen-bond acceptors (Lipinski definition) is 8. The van der Waals surface area contributed by atoms with E-state index < -0.39 is 32.5 Å². The molecule has 294 valence electrons. The summed E-state index contributed by atoms with van der Waals surface area (Å²) in [7, 11) is 1.12. The maximum atomic E-state index is 12.6. The lowest BCUT2D eigenvalue weighted by Gasteiger charge is -2.28. The highest BCUT2D eigenvalue weighted by molar-refractivity contribution is 7.45. The zero-order chi connectivity index (χ0) is 37.9. The van der Waals surface area contributed by atoms with Crippen molar-refractivity contribution in [2.24, 2.45) is 0 Å². The van der Waals surface area contributed by atoms with Crippen LogP contribution in [0.1, 0.15) is 136 Å². The van der Waals surface area contributed by atoms with Crippen LogP contribution in [0.4, 0.5) is 0 Å². The minimum Gasteiger partial charge on any atom is -0.756 e. The fraction of sp³-hybridized carbons (Fsp3) is 0.707. The summed E-state index contributed by atoms with van der Waals surface area (Å²) in [5, 5.41) is 0. The lowest BCUT2D eigenvalue weighted by molar-refractivity contribution is -0.870. The predicted octanol–water partition coefficient (Wildman–Crippen LogP) is 9.88. The number of esters is 2. The Morgan fingerprint density at radius 1 is 0.627 bits per heavy atom. The van der Waals surface area contributed by atoms with Crippen LogP contribution in [-0.4, -0.2) is 70.0 Å². The van der Waals surface area contributed by atoms with Gasteiger partial charge in [0.05, 0.1) is 27.7 Å². The van der Waals surface area contributed by atoms with Crippen LogP contribution in [0, 0.1) is 0 Å². The molecule has 0 saturated heterocycles. The monoisotopic (exact) mass is 737 g/mol. The molecule has 0 N–H and O–H groups in total. The molecule has 0 saturated carbocycles. The van der Waals surface area contributed by atoms with Crippen LogP contribution >= 0.6 is 7.82 Å². The number of hydrogen-bond donors (Lipinski definition) is 0. The van der Waals surface area contributed by atoms with Gasteiger partial charge in [-0.1, -0.05) is 126 Å². The van der Waals surface area contributed by atoms with Gasteiger partial charge in [0.2, 0.25) is 0 Å². The van der Waals surface area contributed by atoms with Crippen molar-refractivity contribution in [1.82, 2.24) is 0 Å². The van der Waals surface area contributed by atoms with Crippen LogP contribution in [0.15, 0.2) is 60.8 Å². The SMILES string of the molecule is CC/C=C/C=C/C=C/C=C/CCCCCC(=O)OC(COC(=O)CCCCC/C=C/CCCCCCCCC)COP(=O)([O-])OCC[N+](C)(C)C. The zero-order valence-corrected chi connectivity index (χ0v) is 33.7. The molecule has 0 spiro atoms. The molecule has 0 bridgehead atoms. The van der Waals surface area contributed by atoms with Crippen LogP contribution in [-0.2, 0) is 32.7 Å². The summed E-state index contributed by atoms with van der Waals surface area (Å²) in [6.45, 7) is 3.98. The number of allylic oxidation sites excluding steroid dienone is 10. The fourth-order valence-corrected chi connectivity index (χ4v) is 5.50. The van der Waals surface area contributed by atoms with Gasteiger partial charge in [-0.3, -0.25) is 14.2 Å². The molecule has 2 atom stereocenters. The third-order valence-corrected chi connectivity index (χ3v) is 8.83. The standard InChI is InChI=1S/C41H72NO8P/c1-6-8-10-12-14-16-18-20-22-23-25-27-29-31-33-40(43)47-37-39(38-49-51(45,46)48-36-35-42(3,4)5)50-41(44)34-32-30-28-26-24-21-19-17-15-13-11-9-7-2/h9,11,13,15,17,19,21-24,39H,6-8,10,12,14,16,18,20,25-38H2,1-5H3/b11-9+,15-13+,19-17+,23-22+,24-21+. The van der Waals surface area contributed by atoms with E-state index in [4.69, 9.17) is 18.5 Å². The van der Waals surface area contributed by atoms with Crippen LogP contribution in [0.3, 0.4) is 0 Å². The van der Waals surface area contributed by atoms with Crippen molar-refractivity contribution >= 4 is 19.8 Å². The van der Waals surface area contributed by atoms with E-state index in [1.165, 1.54) is 44.9 Å². The molecule has 0 aromatic heterocycles. The van der Waals surface area contributed by atoms with E-state index in [9.17, 15) is 19.0 Å². The molecule has 0 fully saturated rings. The van der Waals surface area contributed by atoms with Crippen LogP contribution < -0.4 is 4.89 Å². The molecule has 2 unspecified atom stereocenters. The summed E-state index contributed by atoms with van der Waals surface area (Å²) in [6.07, 6.45) is 38.3. The molecule has 0 aromatic carbocycles. The van der Waals surface area contributed by atoms with E-state index in [0.717, 1.165) is 51.4 Å². The highest BCUT2D eigenvalue weighted by atomic mass is 31.2. The fourth-order valence-electron chi connectivity index (χ4n) is 4.77. The smallest absolute Gasteiger partial charge is 0.306 e. The van der Waals surface area contributed by atoms with Crippen molar-refractivity contribution in [1.29, 1.82) is 0 Å². The maximum Gasteiger partial charge on any atom is 0.306 e. The van der Waals surface area contributed by atoms with Crippen molar-refractivity contribution in [3.63, 3.8) is 0 Å². The van der Waals surface area contributed by atoms with Crippen molar-refractivity contribution in [2.45, 2.75) is 142 Å². The maximum absolute atomic E-state index is 12.6. The van der Waals surface area contributed by atoms with E-state index in [1.807, 2.05) is 57.6 Å². The molecule has 0 rings (SSSR count). The number of carbonyl (C=O) groups is 2.